The Hall–Kier alpha value is -2.07. The van der Waals surface area contributed by atoms with Crippen LogP contribution in [-0.2, 0) is 22.3 Å². The highest BCUT2D eigenvalue weighted by Crippen LogP contribution is 2.38. The van der Waals surface area contributed by atoms with Crippen molar-refractivity contribution < 1.29 is 22.7 Å². The number of hydrogen-bond donors (Lipinski definition) is 3. The van der Waals surface area contributed by atoms with Gasteiger partial charge in [0.05, 0.1) is 40.4 Å². The molecule has 1 fully saturated rings. The van der Waals surface area contributed by atoms with Crippen molar-refractivity contribution in [3.63, 3.8) is 0 Å². The molecule has 0 saturated carbocycles. The number of rotatable bonds is 5. The molecule has 0 bridgehead atoms. The maximum Gasteiger partial charge on any atom is 0.418 e. The zero-order chi connectivity index (χ0) is 21.2. The molecule has 1 unspecified atom stereocenters. The molecule has 1 aliphatic rings. The van der Waals surface area contributed by atoms with Crippen LogP contribution in [0.1, 0.15) is 24.1 Å². The van der Waals surface area contributed by atoms with Gasteiger partial charge in [0.2, 0.25) is 0 Å². The van der Waals surface area contributed by atoms with E-state index < -0.39 is 23.4 Å². The second kappa shape index (κ2) is 8.35. The van der Waals surface area contributed by atoms with Gasteiger partial charge in [-0.15, -0.1) is 0 Å². The molecule has 1 aromatic heterocycles. The van der Waals surface area contributed by atoms with E-state index >= 15 is 0 Å². The maximum atomic E-state index is 13.2. The molecular formula is C18H17Cl2F3N4O2. The Bertz CT molecular complexity index is 918. The van der Waals surface area contributed by atoms with Crippen LogP contribution in [0, 0.1) is 0 Å². The van der Waals surface area contributed by atoms with Gasteiger partial charge in [0.15, 0.2) is 5.72 Å². The van der Waals surface area contributed by atoms with Gasteiger partial charge < -0.3 is 15.4 Å². The van der Waals surface area contributed by atoms with Gasteiger partial charge in [-0.2, -0.15) is 13.2 Å². The first-order chi connectivity index (χ1) is 13.6. The van der Waals surface area contributed by atoms with Gasteiger partial charge in [0.25, 0.3) is 5.91 Å². The van der Waals surface area contributed by atoms with Crippen LogP contribution in [0.4, 0.5) is 24.5 Å². The third-order valence-electron chi connectivity index (χ3n) is 4.34. The van der Waals surface area contributed by atoms with E-state index in [1.807, 2.05) is 0 Å². The summed E-state index contributed by atoms with van der Waals surface area (Å²) >= 11 is 11.8. The van der Waals surface area contributed by atoms with E-state index in [4.69, 9.17) is 33.7 Å². The SMILES string of the molecule is NC1(C(=O)NCc2ncc(Nc3ccc(Cl)cc3C(F)(F)F)cc2Cl)CCCO1. The van der Waals surface area contributed by atoms with Crippen LogP contribution in [0.15, 0.2) is 30.5 Å². The lowest BCUT2D eigenvalue weighted by atomic mass is 10.1. The maximum absolute atomic E-state index is 13.2. The van der Waals surface area contributed by atoms with Crippen molar-refractivity contribution in [1.82, 2.24) is 10.3 Å². The molecule has 2 aromatic rings. The quantitative estimate of drug-likeness (QED) is 0.636. The highest BCUT2D eigenvalue weighted by molar-refractivity contribution is 6.31. The van der Waals surface area contributed by atoms with E-state index in [0.29, 0.717) is 25.1 Å². The van der Waals surface area contributed by atoms with Crippen molar-refractivity contribution >= 4 is 40.5 Å². The van der Waals surface area contributed by atoms with Crippen molar-refractivity contribution in [2.24, 2.45) is 5.73 Å². The lowest BCUT2D eigenvalue weighted by Gasteiger charge is -2.21. The highest BCUT2D eigenvalue weighted by atomic mass is 35.5. The number of nitrogens with one attached hydrogen (secondary N) is 2. The molecule has 1 aliphatic heterocycles. The van der Waals surface area contributed by atoms with Gasteiger partial charge in [0, 0.05) is 18.1 Å². The molecule has 6 nitrogen and oxygen atoms in total. The van der Waals surface area contributed by atoms with Crippen LogP contribution in [0.3, 0.4) is 0 Å². The molecule has 0 aliphatic carbocycles. The minimum absolute atomic E-state index is 0.00496. The van der Waals surface area contributed by atoms with E-state index in [9.17, 15) is 18.0 Å². The second-order valence-electron chi connectivity index (χ2n) is 6.49. The summed E-state index contributed by atoms with van der Waals surface area (Å²) in [5.41, 5.74) is 3.98. The van der Waals surface area contributed by atoms with Gasteiger partial charge >= 0.3 is 6.18 Å². The molecule has 4 N–H and O–H groups in total. The number of carbonyl (C=O) groups excluding carboxylic acids is 1. The van der Waals surface area contributed by atoms with Crippen LogP contribution >= 0.6 is 23.2 Å². The Morgan fingerprint density at radius 3 is 2.69 bits per heavy atom. The predicted octanol–water partition coefficient (Wildman–Crippen LogP) is 4.23. The Balaban J connectivity index is 1.71. The predicted molar refractivity (Wildman–Crippen MR) is 103 cm³/mol. The number of nitrogens with two attached hydrogens (primary N) is 1. The first kappa shape index (κ1) is 21.6. The molecule has 156 valence electrons. The van der Waals surface area contributed by atoms with Crippen molar-refractivity contribution in [2.45, 2.75) is 31.3 Å². The summed E-state index contributed by atoms with van der Waals surface area (Å²) in [6.07, 6.45) is -2.18. The van der Waals surface area contributed by atoms with E-state index in [0.717, 1.165) is 6.07 Å². The van der Waals surface area contributed by atoms with Crippen LogP contribution in [0.5, 0.6) is 0 Å². The number of aromatic nitrogens is 1. The number of alkyl halides is 3. The molecule has 2 heterocycles. The number of benzene rings is 1. The van der Waals surface area contributed by atoms with Crippen molar-refractivity contribution in [1.29, 1.82) is 0 Å². The normalized spacial score (nSPS) is 19.2. The molecule has 29 heavy (non-hydrogen) atoms. The van der Waals surface area contributed by atoms with Gasteiger partial charge in [0.1, 0.15) is 0 Å². The molecule has 3 rings (SSSR count). The first-order valence-corrected chi connectivity index (χ1v) is 9.33. The fourth-order valence-electron chi connectivity index (χ4n) is 2.83. The summed E-state index contributed by atoms with van der Waals surface area (Å²) in [7, 11) is 0. The van der Waals surface area contributed by atoms with Crippen LogP contribution < -0.4 is 16.4 Å². The summed E-state index contributed by atoms with van der Waals surface area (Å²) in [6, 6.07) is 4.80. The fraction of sp³-hybridized carbons (Fsp3) is 0.333. The smallest absolute Gasteiger partial charge is 0.354 e. The van der Waals surface area contributed by atoms with Gasteiger partial charge in [-0.25, -0.2) is 0 Å². The molecule has 1 amide bonds. The number of anilines is 2. The van der Waals surface area contributed by atoms with E-state index in [2.05, 4.69) is 15.6 Å². The number of amides is 1. The van der Waals surface area contributed by atoms with E-state index in [-0.39, 0.29) is 28.0 Å². The number of pyridine rings is 1. The molecule has 0 spiro atoms. The summed E-state index contributed by atoms with van der Waals surface area (Å²) in [6.45, 7) is 0.406. The fourth-order valence-corrected chi connectivity index (χ4v) is 3.24. The number of halogens is 5. The van der Waals surface area contributed by atoms with Crippen molar-refractivity contribution in [3.8, 4) is 0 Å². The number of ether oxygens (including phenoxy) is 1. The van der Waals surface area contributed by atoms with E-state index in [1.54, 1.807) is 0 Å². The average Bonchev–Trinajstić information content (AvgIpc) is 3.09. The topological polar surface area (TPSA) is 89.3 Å². The van der Waals surface area contributed by atoms with Crippen molar-refractivity contribution in [2.75, 3.05) is 11.9 Å². The molecule has 1 atom stereocenters. The lowest BCUT2D eigenvalue weighted by Crippen LogP contribution is -2.53. The Kier molecular flexibility index (Phi) is 6.23. The third kappa shape index (κ3) is 5.11. The molecular weight excluding hydrogens is 432 g/mol. The molecule has 11 heteroatoms. The van der Waals surface area contributed by atoms with Gasteiger partial charge in [-0.3, -0.25) is 15.5 Å². The van der Waals surface area contributed by atoms with Crippen LogP contribution in [0.25, 0.3) is 0 Å². The molecule has 0 radical (unpaired) electrons. The largest absolute Gasteiger partial charge is 0.418 e. The van der Waals surface area contributed by atoms with Crippen LogP contribution in [0.2, 0.25) is 10.0 Å². The summed E-state index contributed by atoms with van der Waals surface area (Å²) in [5, 5.41) is 5.37. The Morgan fingerprint density at radius 2 is 2.07 bits per heavy atom. The van der Waals surface area contributed by atoms with Crippen molar-refractivity contribution in [3.05, 3.63) is 51.8 Å². The summed E-state index contributed by atoms with van der Waals surface area (Å²) in [4.78, 5) is 16.3. The second-order valence-corrected chi connectivity index (χ2v) is 7.33. The third-order valence-corrected chi connectivity index (χ3v) is 4.90. The zero-order valence-electron chi connectivity index (χ0n) is 14.9. The lowest BCUT2D eigenvalue weighted by molar-refractivity contribution is -0.141. The highest BCUT2D eigenvalue weighted by Gasteiger charge is 2.38. The van der Waals surface area contributed by atoms with E-state index in [1.165, 1.54) is 24.4 Å². The number of nitrogens with zero attached hydrogens (tertiary/aromatic N) is 1. The molecule has 1 aromatic carbocycles. The number of hydrogen-bond acceptors (Lipinski definition) is 5. The monoisotopic (exact) mass is 448 g/mol. The average molecular weight is 449 g/mol. The standard InChI is InChI=1S/C18H17Cl2F3N4O2/c19-10-2-3-14(12(6-10)18(21,22)23)27-11-7-13(20)15(25-8-11)9-26-16(28)17(24)4-1-5-29-17/h2-3,6-8,27H,1,4-5,9,24H2,(H,26,28). The number of carbonyl (C=O) groups is 1. The first-order valence-electron chi connectivity index (χ1n) is 8.58. The minimum atomic E-state index is -4.59. The van der Waals surface area contributed by atoms with Gasteiger partial charge in [-0.1, -0.05) is 23.2 Å². The Morgan fingerprint density at radius 1 is 1.31 bits per heavy atom. The zero-order valence-corrected chi connectivity index (χ0v) is 16.5. The Labute approximate surface area is 174 Å². The van der Waals surface area contributed by atoms with Gasteiger partial charge in [-0.05, 0) is 30.7 Å². The summed E-state index contributed by atoms with van der Waals surface area (Å²) < 4.78 is 44.9. The summed E-state index contributed by atoms with van der Waals surface area (Å²) in [5.74, 6) is -0.481. The molecule has 1 saturated heterocycles. The minimum Gasteiger partial charge on any atom is -0.354 e. The van der Waals surface area contributed by atoms with Crippen LogP contribution in [-0.4, -0.2) is 23.2 Å².